The Kier molecular flexibility index (Phi) is 5.50. The van der Waals surface area contributed by atoms with Gasteiger partial charge in [0.05, 0.1) is 11.0 Å². The van der Waals surface area contributed by atoms with Gasteiger partial charge in [-0.15, -0.1) is 0 Å². The van der Waals surface area contributed by atoms with Crippen molar-refractivity contribution in [1.29, 1.82) is 0 Å². The molecule has 106 valence electrons. The molecule has 1 rings (SSSR count). The van der Waals surface area contributed by atoms with Crippen LogP contribution in [0, 0.1) is 0 Å². The molecule has 0 spiro atoms. The summed E-state index contributed by atoms with van der Waals surface area (Å²) in [6, 6.07) is 8.72. The number of rotatable bonds is 5. The van der Waals surface area contributed by atoms with E-state index in [4.69, 9.17) is 18.0 Å². The molecule has 0 aromatic heterocycles. The molecule has 0 saturated carbocycles. The van der Waals surface area contributed by atoms with E-state index in [-0.39, 0.29) is 11.5 Å². The molecule has 1 aromatic rings. The lowest BCUT2D eigenvalue weighted by molar-refractivity contribution is 0.272. The number of benzene rings is 1. The molecule has 0 aliphatic heterocycles. The summed E-state index contributed by atoms with van der Waals surface area (Å²) in [6.07, 6.45) is 0. The monoisotopic (exact) mass is 278 g/mol. The van der Waals surface area contributed by atoms with Crippen LogP contribution in [-0.4, -0.2) is 23.0 Å². The molecule has 2 nitrogen and oxygen atoms in total. The summed E-state index contributed by atoms with van der Waals surface area (Å²) in [4.78, 5) is 2.83. The van der Waals surface area contributed by atoms with Crippen LogP contribution in [0.4, 0.5) is 0 Å². The first-order valence-corrected chi connectivity index (χ1v) is 7.35. The summed E-state index contributed by atoms with van der Waals surface area (Å²) in [5, 5.41) is 0. The van der Waals surface area contributed by atoms with Gasteiger partial charge >= 0.3 is 0 Å². The van der Waals surface area contributed by atoms with Crippen LogP contribution in [0.15, 0.2) is 24.3 Å². The van der Waals surface area contributed by atoms with Gasteiger partial charge in [-0.2, -0.15) is 0 Å². The molecule has 1 aromatic carbocycles. The summed E-state index contributed by atoms with van der Waals surface area (Å²) in [5.41, 5.74) is 8.62. The standard InChI is InChI=1S/C16H26N2S/c1-6-18(7-2)14(15(17)19)12-8-10-13(11-9-12)16(3,4)5/h8-11,14H,6-7H2,1-5H3,(H2,17,19). The van der Waals surface area contributed by atoms with Gasteiger partial charge in [-0.3, -0.25) is 4.90 Å². The van der Waals surface area contributed by atoms with E-state index in [0.29, 0.717) is 4.99 Å². The molecular weight excluding hydrogens is 252 g/mol. The lowest BCUT2D eigenvalue weighted by atomic mass is 9.86. The smallest absolute Gasteiger partial charge is 0.0948 e. The number of hydrogen-bond acceptors (Lipinski definition) is 2. The second-order valence-corrected chi connectivity index (χ2v) is 6.37. The van der Waals surface area contributed by atoms with Gasteiger partial charge in [-0.1, -0.05) is 71.1 Å². The van der Waals surface area contributed by atoms with Crippen LogP contribution in [0.25, 0.3) is 0 Å². The van der Waals surface area contributed by atoms with Crippen molar-refractivity contribution in [3.63, 3.8) is 0 Å². The highest BCUT2D eigenvalue weighted by Gasteiger charge is 2.21. The van der Waals surface area contributed by atoms with Crippen molar-refractivity contribution in [2.75, 3.05) is 13.1 Å². The maximum absolute atomic E-state index is 5.93. The number of thiocarbonyl (C=S) groups is 1. The molecule has 0 heterocycles. The van der Waals surface area contributed by atoms with Crippen molar-refractivity contribution in [1.82, 2.24) is 4.90 Å². The average molecular weight is 278 g/mol. The topological polar surface area (TPSA) is 29.3 Å². The minimum Gasteiger partial charge on any atom is -0.392 e. The van der Waals surface area contributed by atoms with Crippen molar-refractivity contribution in [2.24, 2.45) is 5.73 Å². The van der Waals surface area contributed by atoms with E-state index in [0.717, 1.165) is 13.1 Å². The second-order valence-electron chi connectivity index (χ2n) is 5.90. The summed E-state index contributed by atoms with van der Waals surface area (Å²) in [7, 11) is 0. The Hall–Kier alpha value is -0.930. The van der Waals surface area contributed by atoms with E-state index < -0.39 is 0 Å². The molecule has 1 atom stereocenters. The molecule has 0 amide bonds. The molecule has 19 heavy (non-hydrogen) atoms. The summed E-state index contributed by atoms with van der Waals surface area (Å²) >= 11 is 5.25. The maximum Gasteiger partial charge on any atom is 0.0948 e. The van der Waals surface area contributed by atoms with Crippen LogP contribution < -0.4 is 5.73 Å². The van der Waals surface area contributed by atoms with Crippen molar-refractivity contribution in [2.45, 2.75) is 46.1 Å². The third-order valence-electron chi connectivity index (χ3n) is 3.54. The number of hydrogen-bond donors (Lipinski definition) is 1. The van der Waals surface area contributed by atoms with E-state index >= 15 is 0 Å². The number of likely N-dealkylation sites (N-methyl/N-ethyl adjacent to an activating group) is 1. The SMILES string of the molecule is CCN(CC)C(C(N)=S)c1ccc(C(C)(C)C)cc1. The average Bonchev–Trinajstić information content (AvgIpc) is 2.34. The van der Waals surface area contributed by atoms with E-state index in [1.165, 1.54) is 11.1 Å². The third-order valence-corrected chi connectivity index (χ3v) is 3.76. The van der Waals surface area contributed by atoms with Gasteiger partial charge in [0.15, 0.2) is 0 Å². The van der Waals surface area contributed by atoms with Gasteiger partial charge < -0.3 is 5.73 Å². The minimum absolute atomic E-state index is 0.0408. The number of nitrogens with two attached hydrogens (primary N) is 1. The normalized spacial score (nSPS) is 13.6. The molecule has 2 N–H and O–H groups in total. The van der Waals surface area contributed by atoms with Crippen LogP contribution in [0.5, 0.6) is 0 Å². The molecule has 0 bridgehead atoms. The number of nitrogens with zero attached hydrogens (tertiary/aromatic N) is 1. The summed E-state index contributed by atoms with van der Waals surface area (Å²) < 4.78 is 0. The zero-order valence-electron chi connectivity index (χ0n) is 12.7. The van der Waals surface area contributed by atoms with Gasteiger partial charge in [0.2, 0.25) is 0 Å². The Bertz CT molecular complexity index is 413. The Morgan fingerprint density at radius 1 is 1.16 bits per heavy atom. The second kappa shape index (κ2) is 6.49. The molecule has 1 unspecified atom stereocenters. The molecule has 0 aliphatic carbocycles. The zero-order chi connectivity index (χ0) is 14.6. The predicted octanol–water partition coefficient (Wildman–Crippen LogP) is 3.65. The predicted molar refractivity (Wildman–Crippen MR) is 87.6 cm³/mol. The molecule has 0 radical (unpaired) electrons. The van der Waals surface area contributed by atoms with Crippen molar-refractivity contribution in [3.8, 4) is 0 Å². The third kappa shape index (κ3) is 4.02. The zero-order valence-corrected chi connectivity index (χ0v) is 13.6. The van der Waals surface area contributed by atoms with Gasteiger partial charge in [-0.05, 0) is 29.6 Å². The van der Waals surface area contributed by atoms with Crippen LogP contribution >= 0.6 is 12.2 Å². The van der Waals surface area contributed by atoms with Crippen molar-refractivity contribution >= 4 is 17.2 Å². The summed E-state index contributed by atoms with van der Waals surface area (Å²) in [5.74, 6) is 0. The lowest BCUT2D eigenvalue weighted by Gasteiger charge is -2.29. The highest BCUT2D eigenvalue weighted by molar-refractivity contribution is 7.80. The molecule has 0 aliphatic rings. The molecular formula is C16H26N2S. The first-order valence-electron chi connectivity index (χ1n) is 6.95. The summed E-state index contributed by atoms with van der Waals surface area (Å²) in [6.45, 7) is 12.8. The van der Waals surface area contributed by atoms with Crippen LogP contribution in [0.3, 0.4) is 0 Å². The largest absolute Gasteiger partial charge is 0.392 e. The Morgan fingerprint density at radius 3 is 1.95 bits per heavy atom. The fourth-order valence-electron chi connectivity index (χ4n) is 2.31. The molecule has 0 saturated heterocycles. The lowest BCUT2D eigenvalue weighted by Crippen LogP contribution is -2.36. The first-order chi connectivity index (χ1) is 8.81. The molecule has 3 heteroatoms. The highest BCUT2D eigenvalue weighted by Crippen LogP contribution is 2.26. The van der Waals surface area contributed by atoms with Gasteiger partial charge in [0.25, 0.3) is 0 Å². The van der Waals surface area contributed by atoms with Gasteiger partial charge in [-0.25, -0.2) is 0 Å². The highest BCUT2D eigenvalue weighted by atomic mass is 32.1. The van der Waals surface area contributed by atoms with E-state index in [1.807, 2.05) is 0 Å². The van der Waals surface area contributed by atoms with E-state index in [9.17, 15) is 0 Å². The first kappa shape index (κ1) is 16.1. The van der Waals surface area contributed by atoms with Gasteiger partial charge in [0.1, 0.15) is 0 Å². The fraction of sp³-hybridized carbons (Fsp3) is 0.562. The Morgan fingerprint density at radius 2 is 1.63 bits per heavy atom. The van der Waals surface area contributed by atoms with Crippen molar-refractivity contribution in [3.05, 3.63) is 35.4 Å². The van der Waals surface area contributed by atoms with Crippen LogP contribution in [-0.2, 0) is 5.41 Å². The van der Waals surface area contributed by atoms with Crippen molar-refractivity contribution < 1.29 is 0 Å². The van der Waals surface area contributed by atoms with Crippen LogP contribution in [0.2, 0.25) is 0 Å². The quantitative estimate of drug-likeness (QED) is 0.834. The fourth-order valence-corrected chi connectivity index (χ4v) is 2.59. The Balaban J connectivity index is 3.08. The maximum atomic E-state index is 5.93. The van der Waals surface area contributed by atoms with E-state index in [2.05, 4.69) is 63.8 Å². The Labute approximate surface area is 123 Å². The van der Waals surface area contributed by atoms with Crippen LogP contribution in [0.1, 0.15) is 51.8 Å². The minimum atomic E-state index is 0.0408. The molecule has 0 fully saturated rings. The van der Waals surface area contributed by atoms with Gasteiger partial charge in [0, 0.05) is 0 Å². The van der Waals surface area contributed by atoms with E-state index in [1.54, 1.807) is 0 Å².